The van der Waals surface area contributed by atoms with Gasteiger partial charge in [-0.15, -0.1) is 0 Å². The van der Waals surface area contributed by atoms with Gasteiger partial charge in [0.2, 0.25) is 0 Å². The van der Waals surface area contributed by atoms with Gasteiger partial charge in [0.25, 0.3) is 0 Å². The summed E-state index contributed by atoms with van der Waals surface area (Å²) in [4.78, 5) is 0. The van der Waals surface area contributed by atoms with Crippen molar-refractivity contribution >= 4 is 0 Å². The van der Waals surface area contributed by atoms with Crippen LogP contribution in [0.15, 0.2) is 12.2 Å². The summed E-state index contributed by atoms with van der Waals surface area (Å²) in [6.45, 7) is 4.98. The third-order valence-electron chi connectivity index (χ3n) is 1.48. The Balaban J connectivity index is 4.29. The Bertz CT molecular complexity index is 139. The van der Waals surface area contributed by atoms with Crippen LogP contribution in [0.2, 0.25) is 0 Å². The molecule has 1 nitrogen and oxygen atoms in total. The predicted molar refractivity (Wildman–Crippen MR) is 38.3 cm³/mol. The first-order valence-corrected chi connectivity index (χ1v) is 3.35. The molecule has 0 saturated carbocycles. The number of likely N-dealkylation sites (N-methyl/N-ethyl adjacent to an activating group) is 1. The molecule has 0 radical (unpaired) electrons. The van der Waals surface area contributed by atoms with Gasteiger partial charge in [0.15, 0.2) is 0 Å². The largest absolute Gasteiger partial charge is 0.407 e. The lowest BCUT2D eigenvalue weighted by atomic mass is 10.1. The zero-order chi connectivity index (χ0) is 9.07. The van der Waals surface area contributed by atoms with E-state index in [9.17, 15) is 13.2 Å². The molecular formula is C7H12F3N. The number of halogens is 3. The van der Waals surface area contributed by atoms with Crippen molar-refractivity contribution in [1.82, 2.24) is 5.32 Å². The molecule has 1 N–H and O–H groups in total. The van der Waals surface area contributed by atoms with Gasteiger partial charge in [0, 0.05) is 0 Å². The Labute approximate surface area is 64.3 Å². The first-order valence-electron chi connectivity index (χ1n) is 3.35. The fourth-order valence-corrected chi connectivity index (χ4v) is 0.803. The molecule has 0 fully saturated rings. The summed E-state index contributed by atoms with van der Waals surface area (Å²) in [6, 6.07) is -1.56. The number of hydrogen-bond donors (Lipinski definition) is 1. The van der Waals surface area contributed by atoms with E-state index in [0.717, 1.165) is 0 Å². The van der Waals surface area contributed by atoms with E-state index in [1.165, 1.54) is 7.05 Å². The molecule has 0 spiro atoms. The van der Waals surface area contributed by atoms with Gasteiger partial charge in [-0.2, -0.15) is 13.2 Å². The second-order valence-corrected chi connectivity index (χ2v) is 2.28. The SMILES string of the molecule is C=C(CC)C(NC)C(F)(F)F. The standard InChI is InChI=1S/C7H12F3N/c1-4-5(2)6(11-3)7(8,9)10/h6,11H,2,4H2,1,3H3. The zero-order valence-electron chi connectivity index (χ0n) is 6.63. The fraction of sp³-hybridized carbons (Fsp3) is 0.714. The second kappa shape index (κ2) is 3.76. The molecule has 1 atom stereocenters. The van der Waals surface area contributed by atoms with E-state index in [4.69, 9.17) is 0 Å². The minimum Gasteiger partial charge on any atom is -0.306 e. The molecule has 0 rings (SSSR count). The summed E-state index contributed by atoms with van der Waals surface area (Å²) in [5.74, 6) is 0. The first-order chi connectivity index (χ1) is 4.93. The smallest absolute Gasteiger partial charge is 0.306 e. The van der Waals surface area contributed by atoms with Gasteiger partial charge in [-0.1, -0.05) is 19.1 Å². The van der Waals surface area contributed by atoms with E-state index in [1.807, 2.05) is 0 Å². The van der Waals surface area contributed by atoms with Crippen molar-refractivity contribution in [3.63, 3.8) is 0 Å². The molecule has 11 heavy (non-hydrogen) atoms. The van der Waals surface area contributed by atoms with Crippen molar-refractivity contribution in [3.8, 4) is 0 Å². The van der Waals surface area contributed by atoms with Crippen LogP contribution in [0.4, 0.5) is 13.2 Å². The average Bonchev–Trinajstić information content (AvgIpc) is 1.86. The molecule has 0 aliphatic rings. The maximum Gasteiger partial charge on any atom is 0.407 e. The topological polar surface area (TPSA) is 12.0 Å². The van der Waals surface area contributed by atoms with Crippen molar-refractivity contribution < 1.29 is 13.2 Å². The van der Waals surface area contributed by atoms with E-state index in [-0.39, 0.29) is 5.57 Å². The molecule has 0 saturated heterocycles. The van der Waals surface area contributed by atoms with Crippen molar-refractivity contribution in [2.24, 2.45) is 0 Å². The lowest BCUT2D eigenvalue weighted by Crippen LogP contribution is -2.41. The molecule has 4 heteroatoms. The molecule has 0 aromatic carbocycles. The van der Waals surface area contributed by atoms with Crippen LogP contribution in [-0.2, 0) is 0 Å². The number of rotatable bonds is 3. The van der Waals surface area contributed by atoms with E-state index in [0.29, 0.717) is 6.42 Å². The minimum atomic E-state index is -4.22. The van der Waals surface area contributed by atoms with Gasteiger partial charge in [0.05, 0.1) is 0 Å². The van der Waals surface area contributed by atoms with Crippen LogP contribution in [0.25, 0.3) is 0 Å². The van der Waals surface area contributed by atoms with E-state index >= 15 is 0 Å². The summed E-state index contributed by atoms with van der Waals surface area (Å²) in [7, 11) is 1.28. The van der Waals surface area contributed by atoms with E-state index < -0.39 is 12.2 Å². The summed E-state index contributed by atoms with van der Waals surface area (Å²) >= 11 is 0. The van der Waals surface area contributed by atoms with Crippen molar-refractivity contribution in [2.75, 3.05) is 7.05 Å². The highest BCUT2D eigenvalue weighted by atomic mass is 19.4. The van der Waals surface area contributed by atoms with E-state index in [2.05, 4.69) is 11.9 Å². The zero-order valence-corrected chi connectivity index (χ0v) is 6.63. The Kier molecular flexibility index (Phi) is 3.58. The molecule has 1 unspecified atom stereocenters. The van der Waals surface area contributed by atoms with Crippen molar-refractivity contribution in [3.05, 3.63) is 12.2 Å². The van der Waals surface area contributed by atoms with Gasteiger partial charge in [-0.05, 0) is 13.5 Å². The highest BCUT2D eigenvalue weighted by molar-refractivity contribution is 5.07. The lowest BCUT2D eigenvalue weighted by molar-refractivity contribution is -0.146. The predicted octanol–water partition coefficient (Wildman–Crippen LogP) is 2.10. The van der Waals surface area contributed by atoms with Crippen LogP contribution in [0.5, 0.6) is 0 Å². The number of hydrogen-bond acceptors (Lipinski definition) is 1. The maximum atomic E-state index is 12.0. The van der Waals surface area contributed by atoms with E-state index in [1.54, 1.807) is 6.92 Å². The number of nitrogens with one attached hydrogen (secondary N) is 1. The lowest BCUT2D eigenvalue weighted by Gasteiger charge is -2.20. The molecule has 66 valence electrons. The van der Waals surface area contributed by atoms with Crippen LogP contribution in [-0.4, -0.2) is 19.3 Å². The quantitative estimate of drug-likeness (QED) is 0.635. The molecule has 0 aromatic rings. The molecular weight excluding hydrogens is 155 g/mol. The highest BCUT2D eigenvalue weighted by Gasteiger charge is 2.39. The monoisotopic (exact) mass is 167 g/mol. The third-order valence-corrected chi connectivity index (χ3v) is 1.48. The van der Waals surface area contributed by atoms with Crippen LogP contribution in [0, 0.1) is 0 Å². The molecule has 0 amide bonds. The average molecular weight is 167 g/mol. The van der Waals surface area contributed by atoms with Crippen LogP contribution >= 0.6 is 0 Å². The third kappa shape index (κ3) is 2.93. The van der Waals surface area contributed by atoms with Crippen molar-refractivity contribution in [2.45, 2.75) is 25.6 Å². The van der Waals surface area contributed by atoms with Gasteiger partial charge < -0.3 is 5.32 Å². The van der Waals surface area contributed by atoms with Crippen molar-refractivity contribution in [1.29, 1.82) is 0 Å². The number of alkyl halides is 3. The van der Waals surface area contributed by atoms with Crippen LogP contribution in [0.3, 0.4) is 0 Å². The van der Waals surface area contributed by atoms with Gasteiger partial charge in [0.1, 0.15) is 6.04 Å². The Morgan fingerprint density at radius 3 is 2.09 bits per heavy atom. The normalized spacial score (nSPS) is 14.6. The summed E-state index contributed by atoms with van der Waals surface area (Å²) < 4.78 is 36.1. The fourth-order valence-electron chi connectivity index (χ4n) is 0.803. The Hall–Kier alpha value is -0.510. The van der Waals surface area contributed by atoms with Gasteiger partial charge in [-0.25, -0.2) is 0 Å². The summed E-state index contributed by atoms with van der Waals surface area (Å²) in [5.41, 5.74) is 0.167. The molecule has 0 aliphatic carbocycles. The molecule has 0 heterocycles. The minimum absolute atomic E-state index is 0.167. The molecule has 0 aliphatic heterocycles. The molecule has 0 bridgehead atoms. The first kappa shape index (κ1) is 10.5. The van der Waals surface area contributed by atoms with Crippen LogP contribution < -0.4 is 5.32 Å². The summed E-state index contributed by atoms with van der Waals surface area (Å²) in [5, 5.41) is 2.17. The summed E-state index contributed by atoms with van der Waals surface area (Å²) in [6.07, 6.45) is -3.88. The van der Waals surface area contributed by atoms with Gasteiger partial charge >= 0.3 is 6.18 Å². The Morgan fingerprint density at radius 1 is 1.55 bits per heavy atom. The maximum absolute atomic E-state index is 12.0. The molecule has 0 aromatic heterocycles. The van der Waals surface area contributed by atoms with Crippen LogP contribution in [0.1, 0.15) is 13.3 Å². The van der Waals surface area contributed by atoms with Gasteiger partial charge in [-0.3, -0.25) is 0 Å². The second-order valence-electron chi connectivity index (χ2n) is 2.28. The highest BCUT2D eigenvalue weighted by Crippen LogP contribution is 2.25. The Morgan fingerprint density at radius 2 is 2.00 bits per heavy atom.